The van der Waals surface area contributed by atoms with E-state index in [4.69, 9.17) is 4.74 Å². The van der Waals surface area contributed by atoms with E-state index in [9.17, 15) is 26.7 Å². The molecule has 9 heteroatoms. The van der Waals surface area contributed by atoms with Gasteiger partial charge in [-0.1, -0.05) is 12.1 Å². The van der Waals surface area contributed by atoms with Gasteiger partial charge in [0.2, 0.25) is 0 Å². The van der Waals surface area contributed by atoms with Crippen molar-refractivity contribution >= 4 is 16.7 Å². The molecule has 0 atom stereocenters. The molecular formula is C24H21F5N2O2. The highest BCUT2D eigenvalue weighted by Crippen LogP contribution is 2.33. The molecule has 1 fully saturated rings. The summed E-state index contributed by atoms with van der Waals surface area (Å²) in [7, 11) is 0. The van der Waals surface area contributed by atoms with Gasteiger partial charge in [-0.15, -0.1) is 0 Å². The molecule has 3 aromatic carbocycles. The summed E-state index contributed by atoms with van der Waals surface area (Å²) in [5.74, 6) is 0.599. The van der Waals surface area contributed by atoms with Gasteiger partial charge in [0, 0.05) is 36.5 Å². The predicted octanol–water partition coefficient (Wildman–Crippen LogP) is 5.58. The van der Waals surface area contributed by atoms with Gasteiger partial charge in [0.05, 0.1) is 12.1 Å². The van der Waals surface area contributed by atoms with Crippen LogP contribution in [0, 0.1) is 5.92 Å². The average molecular weight is 464 g/mol. The summed E-state index contributed by atoms with van der Waals surface area (Å²) in [6, 6.07) is 14.7. The van der Waals surface area contributed by atoms with E-state index in [0.717, 1.165) is 17.5 Å². The maximum Gasteiger partial charge on any atom is 0.416 e. The number of alkyl halides is 5. The van der Waals surface area contributed by atoms with E-state index in [1.807, 2.05) is 0 Å². The largest absolute Gasteiger partial charge is 0.457 e. The van der Waals surface area contributed by atoms with Gasteiger partial charge in [-0.3, -0.25) is 9.69 Å². The number of benzene rings is 3. The molecule has 1 aliphatic heterocycles. The van der Waals surface area contributed by atoms with Crippen LogP contribution in [0.3, 0.4) is 0 Å². The van der Waals surface area contributed by atoms with Crippen molar-refractivity contribution < 1.29 is 31.5 Å². The number of halogens is 5. The van der Waals surface area contributed by atoms with E-state index < -0.39 is 18.2 Å². The zero-order valence-electron chi connectivity index (χ0n) is 17.4. The lowest BCUT2D eigenvalue weighted by atomic mass is 10.00. The molecule has 0 aromatic heterocycles. The molecule has 1 aliphatic rings. The molecule has 1 N–H and O–H groups in total. The van der Waals surface area contributed by atoms with Crippen LogP contribution >= 0.6 is 0 Å². The monoisotopic (exact) mass is 464 g/mol. The van der Waals surface area contributed by atoms with Crippen LogP contribution in [0.25, 0.3) is 10.8 Å². The Morgan fingerprint density at radius 2 is 1.79 bits per heavy atom. The number of nitrogens with zero attached hydrogens (tertiary/aromatic N) is 1. The Labute approximate surface area is 186 Å². The SMILES string of the molecule is O=C(NCC1CN(CC(F)F)C1)c1ccc2c(Oc3ccc(C(F)(F)F)cc3)cccc2c1. The van der Waals surface area contributed by atoms with Crippen molar-refractivity contribution in [3.8, 4) is 11.5 Å². The average Bonchev–Trinajstić information content (AvgIpc) is 2.74. The van der Waals surface area contributed by atoms with Gasteiger partial charge in [-0.2, -0.15) is 13.2 Å². The van der Waals surface area contributed by atoms with E-state index in [1.165, 1.54) is 12.1 Å². The van der Waals surface area contributed by atoms with Gasteiger partial charge < -0.3 is 10.1 Å². The van der Waals surface area contributed by atoms with Crippen LogP contribution in [0.5, 0.6) is 11.5 Å². The van der Waals surface area contributed by atoms with Gasteiger partial charge in [0.15, 0.2) is 0 Å². The van der Waals surface area contributed by atoms with Crippen molar-refractivity contribution in [1.82, 2.24) is 10.2 Å². The Hall–Kier alpha value is -3.20. The van der Waals surface area contributed by atoms with Crippen LogP contribution in [0.2, 0.25) is 0 Å². The normalized spacial score (nSPS) is 15.0. The molecule has 0 unspecified atom stereocenters. The summed E-state index contributed by atoms with van der Waals surface area (Å²) >= 11 is 0. The molecule has 174 valence electrons. The Morgan fingerprint density at radius 3 is 2.45 bits per heavy atom. The lowest BCUT2D eigenvalue weighted by Crippen LogP contribution is -2.52. The number of carbonyl (C=O) groups excluding carboxylic acids is 1. The Kier molecular flexibility index (Phi) is 6.51. The fraction of sp³-hybridized carbons (Fsp3) is 0.292. The summed E-state index contributed by atoms with van der Waals surface area (Å²) in [5.41, 5.74) is -0.315. The maximum atomic E-state index is 12.7. The summed E-state index contributed by atoms with van der Waals surface area (Å²) in [5, 5.41) is 4.27. The third-order valence-corrected chi connectivity index (χ3v) is 5.49. The van der Waals surface area contributed by atoms with Crippen LogP contribution in [-0.2, 0) is 6.18 Å². The van der Waals surface area contributed by atoms with Gasteiger partial charge in [-0.25, -0.2) is 8.78 Å². The summed E-state index contributed by atoms with van der Waals surface area (Å²) < 4.78 is 68.7. The van der Waals surface area contributed by atoms with Crippen molar-refractivity contribution in [2.45, 2.75) is 12.6 Å². The quantitative estimate of drug-likeness (QED) is 0.465. The minimum atomic E-state index is -4.42. The fourth-order valence-electron chi connectivity index (χ4n) is 3.81. The third-order valence-electron chi connectivity index (χ3n) is 5.49. The highest BCUT2D eigenvalue weighted by atomic mass is 19.4. The van der Waals surface area contributed by atoms with E-state index >= 15 is 0 Å². The summed E-state index contributed by atoms with van der Waals surface area (Å²) in [6.45, 7) is 1.24. The number of amides is 1. The molecule has 0 spiro atoms. The molecule has 4 nitrogen and oxygen atoms in total. The number of likely N-dealkylation sites (tertiary alicyclic amines) is 1. The van der Waals surface area contributed by atoms with Crippen molar-refractivity contribution in [1.29, 1.82) is 0 Å². The van der Waals surface area contributed by atoms with Crippen LogP contribution in [0.15, 0.2) is 60.7 Å². The van der Waals surface area contributed by atoms with E-state index in [1.54, 1.807) is 41.3 Å². The van der Waals surface area contributed by atoms with E-state index in [-0.39, 0.29) is 24.1 Å². The first-order valence-electron chi connectivity index (χ1n) is 10.4. The zero-order chi connectivity index (χ0) is 23.6. The number of hydrogen-bond donors (Lipinski definition) is 1. The number of ether oxygens (including phenoxy) is 1. The topological polar surface area (TPSA) is 41.6 Å². The second-order valence-corrected chi connectivity index (χ2v) is 8.00. The summed E-state index contributed by atoms with van der Waals surface area (Å²) in [4.78, 5) is 14.2. The van der Waals surface area contributed by atoms with Crippen LogP contribution in [0.1, 0.15) is 15.9 Å². The lowest BCUT2D eigenvalue weighted by molar-refractivity contribution is -0.137. The first-order valence-corrected chi connectivity index (χ1v) is 10.4. The molecule has 0 aliphatic carbocycles. The van der Waals surface area contributed by atoms with Crippen LogP contribution in [0.4, 0.5) is 22.0 Å². The van der Waals surface area contributed by atoms with Crippen molar-refractivity contribution in [3.05, 3.63) is 71.8 Å². The van der Waals surface area contributed by atoms with Crippen LogP contribution in [-0.4, -0.2) is 43.4 Å². The second kappa shape index (κ2) is 9.35. The Balaban J connectivity index is 1.40. The van der Waals surface area contributed by atoms with E-state index in [0.29, 0.717) is 36.3 Å². The number of rotatable bonds is 7. The molecule has 1 heterocycles. The minimum absolute atomic E-state index is 0.150. The van der Waals surface area contributed by atoms with E-state index in [2.05, 4.69) is 5.32 Å². The first kappa shape index (κ1) is 23.0. The Bertz CT molecular complexity index is 1130. The van der Waals surface area contributed by atoms with Gasteiger partial charge in [-0.05, 0) is 53.9 Å². The molecule has 4 rings (SSSR count). The van der Waals surface area contributed by atoms with Crippen LogP contribution < -0.4 is 10.1 Å². The molecule has 1 saturated heterocycles. The van der Waals surface area contributed by atoms with Gasteiger partial charge in [0.25, 0.3) is 12.3 Å². The van der Waals surface area contributed by atoms with Crippen molar-refractivity contribution in [2.75, 3.05) is 26.2 Å². The number of nitrogens with one attached hydrogen (secondary N) is 1. The minimum Gasteiger partial charge on any atom is -0.457 e. The second-order valence-electron chi connectivity index (χ2n) is 8.00. The first-order chi connectivity index (χ1) is 15.7. The number of carbonyl (C=O) groups is 1. The standard InChI is InChI=1S/C24H21F5N2O2/c25-22(26)14-31-12-15(13-31)11-30-23(32)17-4-9-20-16(10-17)2-1-3-21(20)33-19-7-5-18(6-8-19)24(27,28)29/h1-10,15,22H,11-14H2,(H,30,32). The molecule has 3 aromatic rings. The third kappa shape index (κ3) is 5.60. The molecule has 0 bridgehead atoms. The highest BCUT2D eigenvalue weighted by molar-refractivity contribution is 5.99. The number of fused-ring (bicyclic) bond motifs is 1. The molecular weight excluding hydrogens is 443 g/mol. The lowest BCUT2D eigenvalue weighted by Gasteiger charge is -2.39. The number of hydrogen-bond acceptors (Lipinski definition) is 3. The zero-order valence-corrected chi connectivity index (χ0v) is 17.4. The molecule has 33 heavy (non-hydrogen) atoms. The summed E-state index contributed by atoms with van der Waals surface area (Å²) in [6.07, 6.45) is -6.77. The smallest absolute Gasteiger partial charge is 0.416 e. The molecule has 1 amide bonds. The van der Waals surface area contributed by atoms with Gasteiger partial charge >= 0.3 is 6.18 Å². The predicted molar refractivity (Wildman–Crippen MR) is 114 cm³/mol. The Morgan fingerprint density at radius 1 is 1.06 bits per heavy atom. The van der Waals surface area contributed by atoms with Gasteiger partial charge in [0.1, 0.15) is 11.5 Å². The van der Waals surface area contributed by atoms with Crippen molar-refractivity contribution in [3.63, 3.8) is 0 Å². The maximum absolute atomic E-state index is 12.7. The van der Waals surface area contributed by atoms with Crippen molar-refractivity contribution in [2.24, 2.45) is 5.92 Å². The molecule has 0 saturated carbocycles. The molecule has 0 radical (unpaired) electrons. The fourth-order valence-corrected chi connectivity index (χ4v) is 3.81. The highest BCUT2D eigenvalue weighted by Gasteiger charge is 2.30.